The van der Waals surface area contributed by atoms with Crippen LogP contribution in [0.1, 0.15) is 35.6 Å². The van der Waals surface area contributed by atoms with Gasteiger partial charge in [0.15, 0.2) is 5.78 Å². The van der Waals surface area contributed by atoms with E-state index in [1.54, 1.807) is 0 Å². The van der Waals surface area contributed by atoms with E-state index in [0.717, 1.165) is 22.7 Å². The Hall–Kier alpha value is -1.68. The highest BCUT2D eigenvalue weighted by Crippen LogP contribution is 2.39. The molecule has 1 heterocycles. The van der Waals surface area contributed by atoms with Crippen LogP contribution >= 0.6 is 11.3 Å². The number of nitrogens with zero attached hydrogens (tertiary/aromatic N) is 1. The van der Waals surface area contributed by atoms with Gasteiger partial charge in [-0.3, -0.25) is 4.79 Å². The van der Waals surface area contributed by atoms with Crippen molar-refractivity contribution in [2.75, 3.05) is 0 Å². The number of carbonyl (C=O) groups is 1. The smallest absolute Gasteiger partial charge is 0.279 e. The lowest BCUT2D eigenvalue weighted by molar-refractivity contribution is 0.0916. The van der Waals surface area contributed by atoms with Crippen molar-refractivity contribution in [3.63, 3.8) is 0 Å². The van der Waals surface area contributed by atoms with E-state index in [2.05, 4.69) is 18.8 Å². The Morgan fingerprint density at radius 3 is 2.68 bits per heavy atom. The van der Waals surface area contributed by atoms with Gasteiger partial charge in [-0.1, -0.05) is 43.4 Å². The number of carbonyl (C=O) groups excluding carboxylic acids is 1. The fraction of sp³-hybridized carbons (Fsp3) is 0.333. The number of ether oxygens (including phenoxy) is 1. The van der Waals surface area contributed by atoms with Gasteiger partial charge in [0.05, 0.1) is 10.6 Å². The second kappa shape index (κ2) is 4.46. The van der Waals surface area contributed by atoms with Crippen molar-refractivity contribution in [3.05, 3.63) is 40.9 Å². The van der Waals surface area contributed by atoms with Crippen LogP contribution in [0.25, 0.3) is 0 Å². The number of rotatable bonds is 2. The zero-order valence-corrected chi connectivity index (χ0v) is 11.8. The van der Waals surface area contributed by atoms with E-state index >= 15 is 0 Å². The molecule has 0 radical (unpaired) electrons. The molecule has 0 amide bonds. The van der Waals surface area contributed by atoms with Crippen LogP contribution in [0.15, 0.2) is 30.3 Å². The third-order valence-corrected chi connectivity index (χ3v) is 4.18. The molecule has 1 aliphatic carbocycles. The van der Waals surface area contributed by atoms with Crippen molar-refractivity contribution < 1.29 is 9.53 Å². The van der Waals surface area contributed by atoms with E-state index in [4.69, 9.17) is 4.74 Å². The second-order valence-corrected chi connectivity index (χ2v) is 6.57. The molecule has 0 bridgehead atoms. The number of para-hydroxylation sites is 1. The molecule has 0 aliphatic heterocycles. The first-order valence-electron chi connectivity index (χ1n) is 6.29. The third-order valence-electron chi connectivity index (χ3n) is 3.16. The molecule has 98 valence electrons. The first-order chi connectivity index (χ1) is 9.03. The molecule has 1 aromatic heterocycles. The lowest BCUT2D eigenvalue weighted by Crippen LogP contribution is -2.25. The van der Waals surface area contributed by atoms with Crippen LogP contribution in [0.5, 0.6) is 10.9 Å². The lowest BCUT2D eigenvalue weighted by atomic mass is 9.78. The average Bonchev–Trinajstić information content (AvgIpc) is 2.71. The summed E-state index contributed by atoms with van der Waals surface area (Å²) >= 11 is 1.36. The monoisotopic (exact) mass is 273 g/mol. The minimum absolute atomic E-state index is 0.00216. The molecule has 3 rings (SSSR count). The Labute approximate surface area is 116 Å². The molecule has 19 heavy (non-hydrogen) atoms. The van der Waals surface area contributed by atoms with Crippen LogP contribution in [0.4, 0.5) is 0 Å². The predicted molar refractivity (Wildman–Crippen MR) is 75.1 cm³/mol. The Balaban J connectivity index is 1.89. The first-order valence-corrected chi connectivity index (χ1v) is 7.11. The number of hydrogen-bond acceptors (Lipinski definition) is 4. The Morgan fingerprint density at radius 2 is 1.95 bits per heavy atom. The van der Waals surface area contributed by atoms with Crippen LogP contribution in [0.2, 0.25) is 0 Å². The number of ketones is 1. The predicted octanol–water partition coefficient (Wildman–Crippen LogP) is 4.09. The minimum Gasteiger partial charge on any atom is -0.431 e. The summed E-state index contributed by atoms with van der Waals surface area (Å²) < 4.78 is 5.70. The zero-order valence-electron chi connectivity index (χ0n) is 11.0. The molecule has 0 fully saturated rings. The van der Waals surface area contributed by atoms with E-state index in [-0.39, 0.29) is 11.2 Å². The van der Waals surface area contributed by atoms with E-state index in [9.17, 15) is 4.79 Å². The summed E-state index contributed by atoms with van der Waals surface area (Å²) in [6.45, 7) is 4.20. The lowest BCUT2D eigenvalue weighted by Gasteiger charge is -2.26. The van der Waals surface area contributed by atoms with Crippen molar-refractivity contribution in [2.45, 2.75) is 26.7 Å². The molecule has 0 spiro atoms. The highest BCUT2D eigenvalue weighted by Gasteiger charge is 2.34. The molecule has 0 unspecified atom stereocenters. The molecule has 3 nitrogen and oxygen atoms in total. The number of thiazole rings is 1. The van der Waals surface area contributed by atoms with Gasteiger partial charge in [-0.15, -0.1) is 0 Å². The van der Waals surface area contributed by atoms with Gasteiger partial charge in [-0.05, 0) is 24.0 Å². The average molecular weight is 273 g/mol. The second-order valence-electron chi connectivity index (χ2n) is 5.61. The summed E-state index contributed by atoms with van der Waals surface area (Å²) in [5, 5.41) is 0.558. The van der Waals surface area contributed by atoms with Crippen LogP contribution in [-0.2, 0) is 6.42 Å². The van der Waals surface area contributed by atoms with Gasteiger partial charge < -0.3 is 4.74 Å². The van der Waals surface area contributed by atoms with Gasteiger partial charge in [0.25, 0.3) is 5.19 Å². The molecule has 0 atom stereocenters. The third kappa shape index (κ3) is 2.54. The van der Waals surface area contributed by atoms with Crippen LogP contribution in [0, 0.1) is 5.41 Å². The van der Waals surface area contributed by atoms with E-state index in [1.807, 2.05) is 30.3 Å². The summed E-state index contributed by atoms with van der Waals surface area (Å²) in [7, 11) is 0. The largest absolute Gasteiger partial charge is 0.431 e. The molecule has 1 aliphatic rings. The van der Waals surface area contributed by atoms with Crippen LogP contribution in [0.3, 0.4) is 0 Å². The molecular formula is C15H15NO2S. The summed E-state index contributed by atoms with van der Waals surface area (Å²) in [6, 6.07) is 9.53. The fourth-order valence-corrected chi connectivity index (χ4v) is 3.22. The van der Waals surface area contributed by atoms with E-state index < -0.39 is 0 Å². The highest BCUT2D eigenvalue weighted by atomic mass is 32.1. The Kier molecular flexibility index (Phi) is 2.90. The maximum atomic E-state index is 12.1. The number of benzene rings is 1. The van der Waals surface area contributed by atoms with Crippen molar-refractivity contribution >= 4 is 17.1 Å². The topological polar surface area (TPSA) is 39.2 Å². The maximum absolute atomic E-state index is 12.1. The molecular weight excluding hydrogens is 258 g/mol. The Bertz CT molecular complexity index is 616. The van der Waals surface area contributed by atoms with Gasteiger partial charge in [-0.25, -0.2) is 4.98 Å². The van der Waals surface area contributed by atoms with Crippen molar-refractivity contribution in [2.24, 2.45) is 5.41 Å². The van der Waals surface area contributed by atoms with Crippen LogP contribution < -0.4 is 4.74 Å². The number of hydrogen-bond donors (Lipinski definition) is 0. The van der Waals surface area contributed by atoms with E-state index in [0.29, 0.717) is 11.6 Å². The van der Waals surface area contributed by atoms with Gasteiger partial charge in [0, 0.05) is 6.42 Å². The molecule has 0 saturated carbocycles. The molecule has 2 aromatic rings. The standard InChI is InChI=1S/C15H15NO2S/c1-15(2)8-11-13(12(17)9-15)19-14(16-11)18-10-6-4-3-5-7-10/h3-7H,8-9H2,1-2H3. The van der Waals surface area contributed by atoms with Crippen molar-refractivity contribution in [3.8, 4) is 10.9 Å². The van der Waals surface area contributed by atoms with Gasteiger partial charge in [0.2, 0.25) is 0 Å². The summed E-state index contributed by atoms with van der Waals surface area (Å²) in [4.78, 5) is 17.3. The first kappa shape index (κ1) is 12.4. The molecule has 0 N–H and O–H groups in total. The van der Waals surface area contributed by atoms with Gasteiger partial charge in [0.1, 0.15) is 5.75 Å². The van der Waals surface area contributed by atoms with Crippen molar-refractivity contribution in [1.82, 2.24) is 4.98 Å². The summed E-state index contributed by atoms with van der Waals surface area (Å²) in [5.74, 6) is 0.937. The normalized spacial score (nSPS) is 17.1. The minimum atomic E-state index is 0.00216. The number of Topliss-reactive ketones (excluding diaryl/α,β-unsaturated/α-hetero) is 1. The van der Waals surface area contributed by atoms with Crippen LogP contribution in [-0.4, -0.2) is 10.8 Å². The zero-order chi connectivity index (χ0) is 13.5. The summed E-state index contributed by atoms with van der Waals surface area (Å²) in [6.07, 6.45) is 1.43. The molecule has 1 aromatic carbocycles. The molecule has 0 saturated heterocycles. The van der Waals surface area contributed by atoms with E-state index in [1.165, 1.54) is 11.3 Å². The SMILES string of the molecule is CC1(C)CC(=O)c2sc(Oc3ccccc3)nc2C1. The number of aromatic nitrogens is 1. The Morgan fingerprint density at radius 1 is 1.21 bits per heavy atom. The van der Waals surface area contributed by atoms with Crippen molar-refractivity contribution in [1.29, 1.82) is 0 Å². The highest BCUT2D eigenvalue weighted by molar-refractivity contribution is 7.15. The quantitative estimate of drug-likeness (QED) is 0.827. The fourth-order valence-electron chi connectivity index (χ4n) is 2.33. The number of fused-ring (bicyclic) bond motifs is 1. The molecule has 4 heteroatoms. The van der Waals surface area contributed by atoms with Gasteiger partial charge >= 0.3 is 0 Å². The van der Waals surface area contributed by atoms with Gasteiger partial charge in [-0.2, -0.15) is 0 Å². The summed E-state index contributed by atoms with van der Waals surface area (Å²) in [5.41, 5.74) is 0.888. The maximum Gasteiger partial charge on any atom is 0.279 e.